The molecule has 55 heavy (non-hydrogen) atoms. The molecule has 6 aromatic rings. The maximum absolute atomic E-state index is 13.9. The highest BCUT2D eigenvalue weighted by atomic mass is 16.5. The van der Waals surface area contributed by atoms with Crippen molar-refractivity contribution in [3.05, 3.63) is 69.8 Å². The van der Waals surface area contributed by atoms with Gasteiger partial charge in [0, 0.05) is 29.8 Å². The third-order valence-electron chi connectivity index (χ3n) is 9.98. The highest BCUT2D eigenvalue weighted by Crippen LogP contribution is 2.35. The Hall–Kier alpha value is -6.72. The van der Waals surface area contributed by atoms with Crippen LogP contribution in [0.3, 0.4) is 0 Å². The van der Waals surface area contributed by atoms with Crippen LogP contribution in [-0.2, 0) is 32.6 Å². The molecule has 8 rings (SSSR count). The topological polar surface area (TPSA) is 234 Å². The average molecular weight is 749 g/mol. The average Bonchev–Trinajstić information content (AvgIpc) is 3.91. The number of rotatable bonds is 13. The van der Waals surface area contributed by atoms with E-state index in [2.05, 4.69) is 30.8 Å². The SMILES string of the molecule is CCn1nc(C)c(CCCCCn2nc(C)cc2C(=O)Nc2nc3cc(C(N)=O)cc4c3n2CCO4)c1C(=O)Nc1nc2cc(C(N)=O)cc3c2n1CCO3. The Morgan fingerprint density at radius 1 is 0.745 bits per heavy atom. The summed E-state index contributed by atoms with van der Waals surface area (Å²) in [6, 6.07) is 8.11. The summed E-state index contributed by atoms with van der Waals surface area (Å²) in [4.78, 5) is 60.5. The van der Waals surface area contributed by atoms with Crippen molar-refractivity contribution in [1.29, 1.82) is 0 Å². The van der Waals surface area contributed by atoms with Crippen molar-refractivity contribution in [2.45, 2.75) is 72.6 Å². The minimum atomic E-state index is -0.592. The molecule has 0 saturated carbocycles. The predicted octanol–water partition coefficient (Wildman–Crippen LogP) is 3.32. The molecule has 0 fully saturated rings. The van der Waals surface area contributed by atoms with Gasteiger partial charge < -0.3 is 30.1 Å². The second-order valence-corrected chi connectivity index (χ2v) is 13.6. The Kier molecular flexibility index (Phi) is 8.94. The number of hydrogen-bond acceptors (Lipinski definition) is 10. The van der Waals surface area contributed by atoms with Gasteiger partial charge in [0.1, 0.15) is 47.1 Å². The first kappa shape index (κ1) is 35.3. The van der Waals surface area contributed by atoms with Gasteiger partial charge in [-0.2, -0.15) is 10.2 Å². The van der Waals surface area contributed by atoms with E-state index in [9.17, 15) is 19.2 Å². The zero-order valence-electron chi connectivity index (χ0n) is 30.6. The van der Waals surface area contributed by atoms with Crippen molar-refractivity contribution in [2.75, 3.05) is 23.8 Å². The van der Waals surface area contributed by atoms with Gasteiger partial charge in [-0.1, -0.05) is 6.42 Å². The number of nitrogens with zero attached hydrogens (tertiary/aromatic N) is 8. The van der Waals surface area contributed by atoms with Crippen LogP contribution in [0.5, 0.6) is 11.5 Å². The van der Waals surface area contributed by atoms with Gasteiger partial charge >= 0.3 is 0 Å². The van der Waals surface area contributed by atoms with E-state index in [-0.39, 0.29) is 22.9 Å². The summed E-state index contributed by atoms with van der Waals surface area (Å²) in [6.45, 7) is 8.34. The minimum Gasteiger partial charge on any atom is -0.489 e. The minimum absolute atomic E-state index is 0.277. The van der Waals surface area contributed by atoms with Crippen molar-refractivity contribution in [1.82, 2.24) is 38.7 Å². The molecular formula is C37H40N12O6. The van der Waals surface area contributed by atoms with E-state index in [4.69, 9.17) is 20.9 Å². The fourth-order valence-corrected chi connectivity index (χ4v) is 7.45. The Bertz CT molecular complexity index is 2560. The van der Waals surface area contributed by atoms with E-state index in [0.717, 1.165) is 30.5 Å². The number of imidazole rings is 2. The number of benzene rings is 2. The van der Waals surface area contributed by atoms with Gasteiger partial charge in [0.25, 0.3) is 11.8 Å². The molecule has 4 aromatic heterocycles. The number of carbonyl (C=O) groups is 4. The monoisotopic (exact) mass is 748 g/mol. The maximum Gasteiger partial charge on any atom is 0.276 e. The van der Waals surface area contributed by atoms with Gasteiger partial charge in [0.05, 0.1) is 35.5 Å². The fourth-order valence-electron chi connectivity index (χ4n) is 7.45. The van der Waals surface area contributed by atoms with E-state index < -0.39 is 11.8 Å². The molecule has 6 heterocycles. The summed E-state index contributed by atoms with van der Waals surface area (Å²) in [7, 11) is 0. The van der Waals surface area contributed by atoms with Crippen LogP contribution >= 0.6 is 0 Å². The van der Waals surface area contributed by atoms with Crippen LogP contribution in [0.15, 0.2) is 30.3 Å². The number of nitrogens with one attached hydrogen (secondary N) is 2. The summed E-state index contributed by atoms with van der Waals surface area (Å²) in [5.41, 5.74) is 17.2. The number of anilines is 2. The molecule has 2 aliphatic heterocycles. The number of hydrogen-bond donors (Lipinski definition) is 4. The van der Waals surface area contributed by atoms with E-state index >= 15 is 0 Å². The maximum atomic E-state index is 13.9. The van der Waals surface area contributed by atoms with E-state index in [0.29, 0.717) is 108 Å². The van der Waals surface area contributed by atoms with E-state index in [1.54, 1.807) is 39.7 Å². The quantitative estimate of drug-likeness (QED) is 0.126. The number of unbranched alkanes of at least 4 members (excludes halogenated alkanes) is 2. The van der Waals surface area contributed by atoms with E-state index in [1.165, 1.54) is 0 Å². The van der Waals surface area contributed by atoms with Crippen molar-refractivity contribution >= 4 is 57.6 Å². The van der Waals surface area contributed by atoms with Crippen LogP contribution in [0.2, 0.25) is 0 Å². The van der Waals surface area contributed by atoms with Crippen LogP contribution in [0.1, 0.15) is 84.8 Å². The first-order valence-corrected chi connectivity index (χ1v) is 18.2. The lowest BCUT2D eigenvalue weighted by Crippen LogP contribution is -2.23. The molecule has 0 saturated heterocycles. The molecule has 0 aliphatic carbocycles. The molecule has 0 spiro atoms. The zero-order valence-corrected chi connectivity index (χ0v) is 30.6. The number of amides is 4. The zero-order chi connectivity index (χ0) is 38.5. The number of aromatic nitrogens is 8. The second-order valence-electron chi connectivity index (χ2n) is 13.6. The van der Waals surface area contributed by atoms with Gasteiger partial charge in [-0.05, 0) is 70.4 Å². The largest absolute Gasteiger partial charge is 0.489 e. The van der Waals surface area contributed by atoms with Crippen molar-refractivity contribution in [3.63, 3.8) is 0 Å². The second kappa shape index (κ2) is 13.9. The first-order chi connectivity index (χ1) is 26.5. The Morgan fingerprint density at radius 3 is 1.89 bits per heavy atom. The molecule has 0 radical (unpaired) electrons. The summed E-state index contributed by atoms with van der Waals surface area (Å²) in [5, 5.41) is 15.2. The van der Waals surface area contributed by atoms with Crippen LogP contribution in [0, 0.1) is 13.8 Å². The van der Waals surface area contributed by atoms with Crippen LogP contribution in [0.4, 0.5) is 11.9 Å². The molecule has 4 amide bonds. The molecule has 6 N–H and O–H groups in total. The molecule has 18 heteroatoms. The van der Waals surface area contributed by atoms with Gasteiger partial charge in [-0.25, -0.2) is 9.97 Å². The lowest BCUT2D eigenvalue weighted by atomic mass is 10.0. The van der Waals surface area contributed by atoms with Crippen molar-refractivity contribution in [3.8, 4) is 11.5 Å². The van der Waals surface area contributed by atoms with Gasteiger partial charge in [-0.3, -0.25) is 39.2 Å². The van der Waals surface area contributed by atoms with Crippen LogP contribution in [0.25, 0.3) is 22.1 Å². The van der Waals surface area contributed by atoms with Crippen LogP contribution in [-0.4, -0.2) is 75.5 Å². The summed E-state index contributed by atoms with van der Waals surface area (Å²) in [6.07, 6.45) is 2.94. The molecule has 2 aliphatic rings. The third-order valence-corrected chi connectivity index (χ3v) is 9.98. The predicted molar refractivity (Wildman–Crippen MR) is 201 cm³/mol. The van der Waals surface area contributed by atoms with E-state index in [1.807, 2.05) is 29.9 Å². The standard InChI is InChI=1S/C37H40N12O6/c1-4-48-29(35(53)43-37-41-25-16-22(33(39)51)18-28-31(25)47(37)11-13-55-28)23(20(3)45-48)8-6-5-7-9-49-26(14-19(2)44-49)34(52)42-36-40-24-15-21(32(38)50)17-27-30(24)46(36)10-12-54-27/h14-18H,4-13H2,1-3H3,(H2,38,50)(H2,39,51)(H,40,42,52)(H,41,43,53). The number of nitrogens with two attached hydrogens (primary N) is 2. The fraction of sp³-hybridized carbons (Fsp3) is 0.351. The molecule has 18 nitrogen and oxygen atoms in total. The first-order valence-electron chi connectivity index (χ1n) is 18.2. The number of primary amides is 2. The Balaban J connectivity index is 0.931. The highest BCUT2D eigenvalue weighted by Gasteiger charge is 2.27. The van der Waals surface area contributed by atoms with Gasteiger partial charge in [0.15, 0.2) is 0 Å². The van der Waals surface area contributed by atoms with Crippen molar-refractivity contribution in [2.24, 2.45) is 11.5 Å². The summed E-state index contributed by atoms with van der Waals surface area (Å²) in [5.74, 6) is -0.192. The smallest absolute Gasteiger partial charge is 0.276 e. The number of carbonyl (C=O) groups excluding carboxylic acids is 4. The third kappa shape index (κ3) is 6.38. The van der Waals surface area contributed by atoms with Crippen molar-refractivity contribution < 1.29 is 28.7 Å². The molecule has 2 aromatic carbocycles. The highest BCUT2D eigenvalue weighted by molar-refractivity contribution is 6.06. The molecule has 0 atom stereocenters. The lowest BCUT2D eigenvalue weighted by Gasteiger charge is -2.18. The molecule has 0 unspecified atom stereocenters. The number of ether oxygens (including phenoxy) is 2. The normalized spacial score (nSPS) is 13.1. The van der Waals surface area contributed by atoms with Gasteiger partial charge in [-0.15, -0.1) is 0 Å². The lowest BCUT2D eigenvalue weighted by molar-refractivity contribution is 0.0991. The molecule has 0 bridgehead atoms. The summed E-state index contributed by atoms with van der Waals surface area (Å²) >= 11 is 0. The van der Waals surface area contributed by atoms with Gasteiger partial charge in [0.2, 0.25) is 23.7 Å². The van der Waals surface area contributed by atoms with Crippen LogP contribution < -0.4 is 31.6 Å². The molecule has 284 valence electrons. The number of aryl methyl sites for hydroxylation is 4. The Morgan fingerprint density at radius 2 is 1.33 bits per heavy atom. The molecular weight excluding hydrogens is 708 g/mol. The Labute approximate surface area is 313 Å². The summed E-state index contributed by atoms with van der Waals surface area (Å²) < 4.78 is 18.7.